The maximum absolute atomic E-state index is 9.74. The van der Waals surface area contributed by atoms with Gasteiger partial charge in [0.1, 0.15) is 0 Å². The highest BCUT2D eigenvalue weighted by Crippen LogP contribution is 1.72. The SMILES string of the molecule is CN(N)C(=O)O.COC(=O)OC.NN.O. The summed E-state index contributed by atoms with van der Waals surface area (Å²) in [5, 5.41) is 8.38. The lowest BCUT2D eigenvalue weighted by molar-refractivity contribution is 0.0924. The highest BCUT2D eigenvalue weighted by molar-refractivity contribution is 5.63. The van der Waals surface area contributed by atoms with E-state index >= 15 is 0 Å². The molecule has 0 atom stereocenters. The van der Waals surface area contributed by atoms with Crippen LogP contribution in [-0.4, -0.2) is 49.1 Å². The van der Waals surface area contributed by atoms with Gasteiger partial charge in [0.25, 0.3) is 0 Å². The van der Waals surface area contributed by atoms with Gasteiger partial charge in [-0.15, -0.1) is 0 Å². The molecule has 0 fully saturated rings. The summed E-state index contributed by atoms with van der Waals surface area (Å²) in [7, 11) is 3.76. The largest absolute Gasteiger partial charge is 0.507 e. The fraction of sp³-hybridized carbons (Fsp3) is 0.600. The minimum atomic E-state index is -1.13. The fourth-order valence-corrected chi connectivity index (χ4v) is 0.0833. The molecular weight excluding hydrogens is 212 g/mol. The molecule has 0 aliphatic rings. The number of ether oxygens (including phenoxy) is 2. The lowest BCUT2D eigenvalue weighted by Crippen LogP contribution is -2.31. The van der Waals surface area contributed by atoms with Crippen molar-refractivity contribution in [1.29, 1.82) is 0 Å². The Kier molecular flexibility index (Phi) is 28.3. The van der Waals surface area contributed by atoms with E-state index in [-0.39, 0.29) is 5.48 Å². The highest BCUT2D eigenvalue weighted by Gasteiger charge is 1.92. The second-order valence-corrected chi connectivity index (χ2v) is 1.55. The standard InChI is InChI=1S/C3H6O3.C2H6N2O2.H4N2.H2O/c1-5-3(4)6-2;1-4(3)2(5)6;1-2;/h1-2H3;3H2,1H3,(H,5,6);1-2H2;1H2. The molecule has 0 aliphatic carbocycles. The topological polar surface area (TPSA) is 186 Å². The van der Waals surface area contributed by atoms with E-state index in [0.717, 1.165) is 0 Å². The number of carboxylic acid groups (broad SMARTS) is 1. The first kappa shape index (κ1) is 23.3. The van der Waals surface area contributed by atoms with Gasteiger partial charge in [-0.05, 0) is 0 Å². The number of hydrazine groups is 2. The molecule has 10 nitrogen and oxygen atoms in total. The van der Waals surface area contributed by atoms with Crippen LogP contribution in [0.25, 0.3) is 0 Å². The molecule has 15 heavy (non-hydrogen) atoms. The lowest BCUT2D eigenvalue weighted by atomic mass is 11.1. The van der Waals surface area contributed by atoms with Gasteiger partial charge in [-0.2, -0.15) is 0 Å². The van der Waals surface area contributed by atoms with Crippen LogP contribution in [-0.2, 0) is 9.47 Å². The Morgan fingerprint density at radius 3 is 1.40 bits per heavy atom. The zero-order valence-corrected chi connectivity index (χ0v) is 8.76. The Morgan fingerprint density at radius 1 is 1.20 bits per heavy atom. The van der Waals surface area contributed by atoms with Crippen LogP contribution in [0.4, 0.5) is 9.59 Å². The summed E-state index contributed by atoms with van der Waals surface area (Å²) in [6.07, 6.45) is -1.79. The molecule has 0 saturated carbocycles. The minimum absolute atomic E-state index is 0. The normalized spacial score (nSPS) is 6.27. The number of rotatable bonds is 0. The predicted molar refractivity (Wildman–Crippen MR) is 51.4 cm³/mol. The van der Waals surface area contributed by atoms with Crippen molar-refractivity contribution in [2.75, 3.05) is 21.3 Å². The van der Waals surface area contributed by atoms with Crippen molar-refractivity contribution in [3.05, 3.63) is 0 Å². The lowest BCUT2D eigenvalue weighted by Gasteiger charge is -1.99. The molecule has 9 N–H and O–H groups in total. The zero-order valence-electron chi connectivity index (χ0n) is 8.76. The van der Waals surface area contributed by atoms with Crippen molar-refractivity contribution in [2.45, 2.75) is 0 Å². The maximum Gasteiger partial charge on any atom is 0.507 e. The quantitative estimate of drug-likeness (QED) is 0.157. The van der Waals surface area contributed by atoms with E-state index in [9.17, 15) is 9.59 Å². The van der Waals surface area contributed by atoms with E-state index in [4.69, 9.17) is 5.11 Å². The number of nitrogens with two attached hydrogens (primary N) is 3. The Bertz CT molecular complexity index is 144. The van der Waals surface area contributed by atoms with E-state index in [1.54, 1.807) is 0 Å². The molecule has 1 amide bonds. The molecule has 10 heteroatoms. The van der Waals surface area contributed by atoms with E-state index in [1.165, 1.54) is 21.3 Å². The van der Waals surface area contributed by atoms with Crippen LogP contribution in [0.15, 0.2) is 0 Å². The maximum atomic E-state index is 9.74. The van der Waals surface area contributed by atoms with E-state index in [0.29, 0.717) is 5.01 Å². The molecule has 0 aliphatic heterocycles. The van der Waals surface area contributed by atoms with Gasteiger partial charge in [-0.1, -0.05) is 0 Å². The first-order valence-electron chi connectivity index (χ1n) is 3.12. The van der Waals surface area contributed by atoms with Gasteiger partial charge in [0.2, 0.25) is 0 Å². The summed E-state index contributed by atoms with van der Waals surface area (Å²) in [6, 6.07) is 0. The predicted octanol–water partition coefficient (Wildman–Crippen LogP) is -2.14. The highest BCUT2D eigenvalue weighted by atomic mass is 16.7. The van der Waals surface area contributed by atoms with Crippen LogP contribution < -0.4 is 17.5 Å². The molecule has 0 aromatic carbocycles. The third-order valence-electron chi connectivity index (χ3n) is 0.635. The van der Waals surface area contributed by atoms with Gasteiger partial charge in [-0.3, -0.25) is 11.7 Å². The molecule has 0 bridgehead atoms. The Balaban J connectivity index is -0.0000000653. The Hall–Kier alpha value is -1.62. The van der Waals surface area contributed by atoms with Crippen LogP contribution >= 0.6 is 0 Å². The number of carbonyl (C=O) groups is 2. The molecule has 0 unspecified atom stereocenters. The number of methoxy groups -OCH3 is 2. The molecule has 0 radical (unpaired) electrons. The average molecular weight is 230 g/mol. The van der Waals surface area contributed by atoms with Gasteiger partial charge in [-0.25, -0.2) is 20.4 Å². The second kappa shape index (κ2) is 18.2. The first-order chi connectivity index (χ1) is 6.45. The van der Waals surface area contributed by atoms with Crippen LogP contribution in [0.3, 0.4) is 0 Å². The third-order valence-corrected chi connectivity index (χ3v) is 0.635. The van der Waals surface area contributed by atoms with E-state index < -0.39 is 12.2 Å². The summed E-state index contributed by atoms with van der Waals surface area (Å²) in [5.41, 5.74) is 0. The number of carbonyl (C=O) groups excluding carboxylic acids is 1. The Morgan fingerprint density at radius 2 is 1.40 bits per heavy atom. The van der Waals surface area contributed by atoms with Gasteiger partial charge in [0.05, 0.1) is 14.2 Å². The van der Waals surface area contributed by atoms with Crippen LogP contribution in [0.5, 0.6) is 0 Å². The van der Waals surface area contributed by atoms with Crippen molar-refractivity contribution in [3.63, 3.8) is 0 Å². The zero-order chi connectivity index (χ0) is 12.1. The molecule has 0 heterocycles. The van der Waals surface area contributed by atoms with Crippen molar-refractivity contribution in [3.8, 4) is 0 Å². The van der Waals surface area contributed by atoms with Crippen molar-refractivity contribution in [2.24, 2.45) is 17.5 Å². The molecule has 0 rings (SSSR count). The first-order valence-corrected chi connectivity index (χ1v) is 3.12. The Labute approximate surface area is 86.8 Å². The third kappa shape index (κ3) is 32.8. The summed E-state index contributed by atoms with van der Waals surface area (Å²) < 4.78 is 8.08. The second-order valence-electron chi connectivity index (χ2n) is 1.55. The smallest absolute Gasteiger partial charge is 0.464 e. The molecule has 0 spiro atoms. The summed E-state index contributed by atoms with van der Waals surface area (Å²) in [5.74, 6) is 12.7. The number of hydrogen-bond acceptors (Lipinski definition) is 7. The van der Waals surface area contributed by atoms with Crippen LogP contribution in [0.2, 0.25) is 0 Å². The van der Waals surface area contributed by atoms with E-state index in [1.807, 2.05) is 0 Å². The number of amides is 1. The van der Waals surface area contributed by atoms with Crippen molar-refractivity contribution >= 4 is 12.2 Å². The average Bonchev–Trinajstić information content (AvgIpc) is 2.20. The number of nitrogens with zero attached hydrogens (tertiary/aromatic N) is 1. The van der Waals surface area contributed by atoms with Crippen molar-refractivity contribution in [1.82, 2.24) is 5.01 Å². The molecular formula is C5H18N4O6. The summed E-state index contributed by atoms with van der Waals surface area (Å²) >= 11 is 0. The molecule has 0 aromatic rings. The van der Waals surface area contributed by atoms with Crippen molar-refractivity contribution < 1.29 is 29.6 Å². The van der Waals surface area contributed by atoms with Crippen LogP contribution in [0, 0.1) is 0 Å². The minimum Gasteiger partial charge on any atom is -0.464 e. The monoisotopic (exact) mass is 230 g/mol. The summed E-state index contributed by atoms with van der Waals surface area (Å²) in [4.78, 5) is 19.2. The van der Waals surface area contributed by atoms with Gasteiger partial charge in [0, 0.05) is 7.05 Å². The molecule has 0 saturated heterocycles. The number of hydrogen-bond donors (Lipinski definition) is 4. The fourth-order valence-electron chi connectivity index (χ4n) is 0.0833. The van der Waals surface area contributed by atoms with Gasteiger partial charge in [0.15, 0.2) is 0 Å². The molecule has 94 valence electrons. The van der Waals surface area contributed by atoms with Crippen LogP contribution in [0.1, 0.15) is 0 Å². The van der Waals surface area contributed by atoms with Gasteiger partial charge >= 0.3 is 12.2 Å². The molecule has 0 aromatic heterocycles. The summed E-state index contributed by atoms with van der Waals surface area (Å²) in [6.45, 7) is 0. The van der Waals surface area contributed by atoms with Gasteiger partial charge < -0.3 is 20.1 Å². The van der Waals surface area contributed by atoms with E-state index in [2.05, 4.69) is 27.0 Å².